The molecule has 0 radical (unpaired) electrons. The quantitative estimate of drug-likeness (QED) is 0.775. The fourth-order valence-corrected chi connectivity index (χ4v) is 1.84. The largest absolute Gasteiger partial charge is 0.385 e. The van der Waals surface area contributed by atoms with Crippen LogP contribution in [0.3, 0.4) is 0 Å². The number of benzene rings is 1. The van der Waals surface area contributed by atoms with E-state index in [1.54, 1.807) is 0 Å². The summed E-state index contributed by atoms with van der Waals surface area (Å²) < 4.78 is 0. The Bertz CT molecular complexity index is 384. The Morgan fingerprint density at radius 2 is 1.68 bits per heavy atom. The van der Waals surface area contributed by atoms with Crippen molar-refractivity contribution >= 4 is 17.3 Å². The predicted molar refractivity (Wildman–Crippen MR) is 82.5 cm³/mol. The molecule has 0 spiro atoms. The Labute approximate surface area is 116 Å². The van der Waals surface area contributed by atoms with Crippen molar-refractivity contribution in [3.8, 4) is 0 Å². The van der Waals surface area contributed by atoms with E-state index in [9.17, 15) is 4.79 Å². The Kier molecular flexibility index (Phi) is 6.40. The van der Waals surface area contributed by atoms with Crippen molar-refractivity contribution in [1.82, 2.24) is 0 Å². The van der Waals surface area contributed by atoms with E-state index in [0.29, 0.717) is 5.92 Å². The van der Waals surface area contributed by atoms with Crippen molar-refractivity contribution in [1.29, 1.82) is 0 Å². The van der Waals surface area contributed by atoms with E-state index >= 15 is 0 Å². The Morgan fingerprint density at radius 3 is 2.21 bits per heavy atom. The van der Waals surface area contributed by atoms with Gasteiger partial charge in [0.05, 0.1) is 0 Å². The fourth-order valence-electron chi connectivity index (χ4n) is 1.84. The summed E-state index contributed by atoms with van der Waals surface area (Å²) in [5.74, 6) is 0.746. The zero-order chi connectivity index (χ0) is 14.3. The van der Waals surface area contributed by atoms with Crippen LogP contribution in [0.4, 0.5) is 11.4 Å². The minimum absolute atomic E-state index is 0.00712. The van der Waals surface area contributed by atoms with Gasteiger partial charge in [0.15, 0.2) is 0 Å². The number of anilines is 2. The maximum Gasteiger partial charge on any atom is 0.226 e. The van der Waals surface area contributed by atoms with Crippen LogP contribution in [0.15, 0.2) is 24.3 Å². The summed E-state index contributed by atoms with van der Waals surface area (Å²) in [5.41, 5.74) is 1.95. The van der Waals surface area contributed by atoms with E-state index < -0.39 is 0 Å². The van der Waals surface area contributed by atoms with Crippen molar-refractivity contribution in [2.75, 3.05) is 17.2 Å². The molecular formula is C16H26N2O. The van der Waals surface area contributed by atoms with Gasteiger partial charge in [0.2, 0.25) is 5.91 Å². The van der Waals surface area contributed by atoms with Crippen molar-refractivity contribution in [3.05, 3.63) is 24.3 Å². The molecule has 0 fully saturated rings. The van der Waals surface area contributed by atoms with Gasteiger partial charge in [0.1, 0.15) is 0 Å². The molecule has 106 valence electrons. The van der Waals surface area contributed by atoms with Crippen LogP contribution in [0.5, 0.6) is 0 Å². The summed E-state index contributed by atoms with van der Waals surface area (Å²) in [5, 5.41) is 6.31. The van der Waals surface area contributed by atoms with Gasteiger partial charge in [0, 0.05) is 23.8 Å². The van der Waals surface area contributed by atoms with Crippen molar-refractivity contribution in [2.45, 2.75) is 40.5 Å². The third-order valence-corrected chi connectivity index (χ3v) is 3.11. The van der Waals surface area contributed by atoms with Gasteiger partial charge in [-0.2, -0.15) is 0 Å². The number of carbonyl (C=O) groups is 1. The van der Waals surface area contributed by atoms with Gasteiger partial charge in [0.25, 0.3) is 0 Å². The highest BCUT2D eigenvalue weighted by Gasteiger charge is 2.06. The van der Waals surface area contributed by atoms with Crippen LogP contribution in [0.1, 0.15) is 40.5 Å². The summed E-state index contributed by atoms with van der Waals surface area (Å²) in [6, 6.07) is 7.89. The monoisotopic (exact) mass is 262 g/mol. The number of carbonyl (C=O) groups excluding carboxylic acids is 1. The lowest BCUT2D eigenvalue weighted by Gasteiger charge is -2.13. The molecule has 3 nitrogen and oxygen atoms in total. The highest BCUT2D eigenvalue weighted by Crippen LogP contribution is 2.15. The molecule has 0 aliphatic rings. The van der Waals surface area contributed by atoms with Crippen LogP contribution in [-0.4, -0.2) is 12.5 Å². The summed E-state index contributed by atoms with van der Waals surface area (Å²) >= 11 is 0. The third-order valence-electron chi connectivity index (χ3n) is 3.11. The molecule has 0 aliphatic carbocycles. The molecule has 1 aromatic rings. The van der Waals surface area contributed by atoms with Gasteiger partial charge in [-0.1, -0.05) is 34.1 Å². The van der Waals surface area contributed by atoms with E-state index in [-0.39, 0.29) is 11.8 Å². The van der Waals surface area contributed by atoms with Gasteiger partial charge in [-0.3, -0.25) is 4.79 Å². The standard InChI is InChI=1S/C16H26N2O/c1-5-6-13(4)11-17-14-7-9-15(10-8-14)18-16(19)12(2)3/h7-10,12-13,17H,5-6,11H2,1-4H3,(H,18,19). The first kappa shape index (κ1) is 15.5. The molecule has 1 unspecified atom stereocenters. The molecule has 0 heterocycles. The topological polar surface area (TPSA) is 41.1 Å². The smallest absolute Gasteiger partial charge is 0.226 e. The number of nitrogens with one attached hydrogen (secondary N) is 2. The van der Waals surface area contributed by atoms with Crippen LogP contribution >= 0.6 is 0 Å². The molecule has 1 atom stereocenters. The summed E-state index contributed by atoms with van der Waals surface area (Å²) in [7, 11) is 0. The SMILES string of the molecule is CCCC(C)CNc1ccc(NC(=O)C(C)C)cc1. The predicted octanol–water partition coefficient (Wildman–Crippen LogP) is 4.13. The molecule has 2 N–H and O–H groups in total. The summed E-state index contributed by atoms with van der Waals surface area (Å²) in [6.07, 6.45) is 2.47. The zero-order valence-corrected chi connectivity index (χ0v) is 12.5. The molecule has 0 aliphatic heterocycles. The molecule has 0 bridgehead atoms. The van der Waals surface area contributed by atoms with E-state index in [0.717, 1.165) is 17.9 Å². The number of hydrogen-bond acceptors (Lipinski definition) is 2. The Morgan fingerprint density at radius 1 is 1.11 bits per heavy atom. The second kappa shape index (κ2) is 7.82. The average Bonchev–Trinajstić information content (AvgIpc) is 2.38. The third kappa shape index (κ3) is 5.77. The molecule has 1 aromatic carbocycles. The number of hydrogen-bond donors (Lipinski definition) is 2. The second-order valence-corrected chi connectivity index (χ2v) is 5.50. The molecule has 1 amide bonds. The van der Waals surface area contributed by atoms with Crippen LogP contribution in [0.2, 0.25) is 0 Å². The van der Waals surface area contributed by atoms with Gasteiger partial charge in [-0.15, -0.1) is 0 Å². The minimum Gasteiger partial charge on any atom is -0.385 e. The second-order valence-electron chi connectivity index (χ2n) is 5.50. The Hall–Kier alpha value is -1.51. The molecular weight excluding hydrogens is 236 g/mol. The van der Waals surface area contributed by atoms with Gasteiger partial charge >= 0.3 is 0 Å². The summed E-state index contributed by atoms with van der Waals surface area (Å²) in [6.45, 7) is 9.24. The van der Waals surface area contributed by atoms with Gasteiger partial charge in [-0.05, 0) is 36.6 Å². The van der Waals surface area contributed by atoms with Crippen molar-refractivity contribution < 1.29 is 4.79 Å². The van der Waals surface area contributed by atoms with Crippen LogP contribution in [0.25, 0.3) is 0 Å². The van der Waals surface area contributed by atoms with E-state index in [1.165, 1.54) is 12.8 Å². The first-order valence-corrected chi connectivity index (χ1v) is 7.17. The van der Waals surface area contributed by atoms with E-state index in [1.807, 2.05) is 38.1 Å². The van der Waals surface area contributed by atoms with Crippen LogP contribution < -0.4 is 10.6 Å². The van der Waals surface area contributed by atoms with Crippen molar-refractivity contribution in [3.63, 3.8) is 0 Å². The van der Waals surface area contributed by atoms with Gasteiger partial charge in [-0.25, -0.2) is 0 Å². The average molecular weight is 262 g/mol. The number of rotatable bonds is 7. The van der Waals surface area contributed by atoms with Gasteiger partial charge < -0.3 is 10.6 Å². The first-order chi connectivity index (χ1) is 9.02. The molecule has 0 saturated heterocycles. The molecule has 3 heteroatoms. The van der Waals surface area contributed by atoms with Crippen LogP contribution in [0, 0.1) is 11.8 Å². The maximum atomic E-state index is 11.6. The molecule has 19 heavy (non-hydrogen) atoms. The van der Waals surface area contributed by atoms with E-state index in [2.05, 4.69) is 24.5 Å². The highest BCUT2D eigenvalue weighted by atomic mass is 16.1. The van der Waals surface area contributed by atoms with E-state index in [4.69, 9.17) is 0 Å². The number of amides is 1. The lowest BCUT2D eigenvalue weighted by Crippen LogP contribution is -2.17. The Balaban J connectivity index is 2.45. The summed E-state index contributed by atoms with van der Waals surface area (Å²) in [4.78, 5) is 11.6. The molecule has 1 rings (SSSR count). The maximum absolute atomic E-state index is 11.6. The fraction of sp³-hybridized carbons (Fsp3) is 0.562. The lowest BCUT2D eigenvalue weighted by molar-refractivity contribution is -0.118. The molecule has 0 saturated carbocycles. The zero-order valence-electron chi connectivity index (χ0n) is 12.5. The highest BCUT2D eigenvalue weighted by molar-refractivity contribution is 5.92. The first-order valence-electron chi connectivity index (χ1n) is 7.17. The molecule has 0 aromatic heterocycles. The normalized spacial score (nSPS) is 12.3. The lowest BCUT2D eigenvalue weighted by atomic mass is 10.1. The van der Waals surface area contributed by atoms with Crippen molar-refractivity contribution in [2.24, 2.45) is 11.8 Å². The van der Waals surface area contributed by atoms with Crippen LogP contribution in [-0.2, 0) is 4.79 Å². The minimum atomic E-state index is 0.00712.